The highest BCUT2D eigenvalue weighted by Crippen LogP contribution is 2.19. The van der Waals surface area contributed by atoms with Gasteiger partial charge in [-0.3, -0.25) is 4.79 Å². The second-order valence-corrected chi connectivity index (χ2v) is 7.17. The van der Waals surface area contributed by atoms with Crippen molar-refractivity contribution in [1.82, 2.24) is 24.2 Å². The summed E-state index contributed by atoms with van der Waals surface area (Å²) in [4.78, 5) is 19.0. The quantitative estimate of drug-likeness (QED) is 0.823. The maximum absolute atomic E-state index is 12.2. The standard InChI is InChI=1S/C18H25N5O/c1-21-9-7-19-17(21)6-8-22-11-14(12-22)13-23-18(24)10-15-4-2-3-5-16(15)20-23/h7,9-10,14H,2-6,8,11-13H2,1H3. The minimum atomic E-state index is 0.0714. The Morgan fingerprint density at radius 1 is 1.25 bits per heavy atom. The monoisotopic (exact) mass is 327 g/mol. The van der Waals surface area contributed by atoms with E-state index in [1.807, 2.05) is 25.5 Å². The topological polar surface area (TPSA) is 56.0 Å². The highest BCUT2D eigenvalue weighted by atomic mass is 16.1. The summed E-state index contributed by atoms with van der Waals surface area (Å²) in [6, 6.07) is 1.82. The number of rotatable bonds is 5. The van der Waals surface area contributed by atoms with Crippen molar-refractivity contribution >= 4 is 0 Å². The molecule has 1 fully saturated rings. The summed E-state index contributed by atoms with van der Waals surface area (Å²) in [5, 5.41) is 4.63. The van der Waals surface area contributed by atoms with E-state index in [9.17, 15) is 4.79 Å². The minimum absolute atomic E-state index is 0.0714. The van der Waals surface area contributed by atoms with Crippen LogP contribution in [0.4, 0.5) is 0 Å². The molecule has 3 heterocycles. The summed E-state index contributed by atoms with van der Waals surface area (Å²) in [5.41, 5.74) is 2.39. The van der Waals surface area contributed by atoms with E-state index in [0.717, 1.165) is 57.0 Å². The average molecular weight is 327 g/mol. The summed E-state index contributed by atoms with van der Waals surface area (Å²) in [6.45, 7) is 3.89. The van der Waals surface area contributed by atoms with Gasteiger partial charge in [0.2, 0.25) is 0 Å². The van der Waals surface area contributed by atoms with Gasteiger partial charge in [-0.05, 0) is 31.2 Å². The number of imidazole rings is 1. The first-order chi connectivity index (χ1) is 11.7. The van der Waals surface area contributed by atoms with Gasteiger partial charge in [0.05, 0.1) is 12.2 Å². The van der Waals surface area contributed by atoms with Crippen molar-refractivity contribution in [2.75, 3.05) is 19.6 Å². The summed E-state index contributed by atoms with van der Waals surface area (Å²) >= 11 is 0. The van der Waals surface area contributed by atoms with Crippen molar-refractivity contribution < 1.29 is 0 Å². The molecular formula is C18H25N5O. The van der Waals surface area contributed by atoms with Crippen LogP contribution in [0.25, 0.3) is 0 Å². The molecule has 1 aliphatic heterocycles. The van der Waals surface area contributed by atoms with Gasteiger partial charge in [-0.15, -0.1) is 0 Å². The molecule has 24 heavy (non-hydrogen) atoms. The van der Waals surface area contributed by atoms with E-state index in [0.29, 0.717) is 5.92 Å². The molecule has 0 amide bonds. The fourth-order valence-corrected chi connectivity index (χ4v) is 3.85. The van der Waals surface area contributed by atoms with E-state index in [2.05, 4.69) is 19.5 Å². The first kappa shape index (κ1) is 15.6. The van der Waals surface area contributed by atoms with Crippen molar-refractivity contribution in [2.45, 2.75) is 38.6 Å². The summed E-state index contributed by atoms with van der Waals surface area (Å²) in [5.74, 6) is 1.67. The fraction of sp³-hybridized carbons (Fsp3) is 0.611. The van der Waals surface area contributed by atoms with Gasteiger partial charge in [-0.1, -0.05) is 0 Å². The maximum atomic E-state index is 12.2. The van der Waals surface area contributed by atoms with Crippen LogP contribution in [0.5, 0.6) is 0 Å². The zero-order valence-corrected chi connectivity index (χ0v) is 14.3. The SMILES string of the molecule is Cn1ccnc1CCN1CC(Cn2nc3c(cc2=O)CCCC3)C1. The molecule has 2 aromatic heterocycles. The van der Waals surface area contributed by atoms with Crippen LogP contribution in [0, 0.1) is 5.92 Å². The van der Waals surface area contributed by atoms with Crippen molar-refractivity contribution in [2.24, 2.45) is 13.0 Å². The van der Waals surface area contributed by atoms with Crippen LogP contribution in [-0.4, -0.2) is 43.9 Å². The Morgan fingerprint density at radius 2 is 2.08 bits per heavy atom. The molecule has 128 valence electrons. The Kier molecular flexibility index (Phi) is 4.22. The number of hydrogen-bond donors (Lipinski definition) is 0. The minimum Gasteiger partial charge on any atom is -0.338 e. The molecule has 6 heteroatoms. The van der Waals surface area contributed by atoms with Gasteiger partial charge in [-0.25, -0.2) is 9.67 Å². The Labute approximate surface area is 142 Å². The van der Waals surface area contributed by atoms with Gasteiger partial charge in [0.25, 0.3) is 5.56 Å². The van der Waals surface area contributed by atoms with E-state index >= 15 is 0 Å². The van der Waals surface area contributed by atoms with E-state index in [-0.39, 0.29) is 5.56 Å². The molecule has 0 aromatic carbocycles. The number of likely N-dealkylation sites (tertiary alicyclic amines) is 1. The average Bonchev–Trinajstić information content (AvgIpc) is 2.95. The Morgan fingerprint density at radius 3 is 2.88 bits per heavy atom. The third-order valence-electron chi connectivity index (χ3n) is 5.31. The maximum Gasteiger partial charge on any atom is 0.267 e. The van der Waals surface area contributed by atoms with Crippen LogP contribution >= 0.6 is 0 Å². The predicted octanol–water partition coefficient (Wildman–Crippen LogP) is 1.03. The highest BCUT2D eigenvalue weighted by molar-refractivity contribution is 5.20. The molecule has 6 nitrogen and oxygen atoms in total. The molecule has 0 unspecified atom stereocenters. The van der Waals surface area contributed by atoms with Gasteiger partial charge >= 0.3 is 0 Å². The van der Waals surface area contributed by atoms with Gasteiger partial charge in [-0.2, -0.15) is 5.10 Å². The lowest BCUT2D eigenvalue weighted by molar-refractivity contribution is 0.0846. The van der Waals surface area contributed by atoms with Gasteiger partial charge < -0.3 is 9.47 Å². The normalized spacial score (nSPS) is 18.4. The molecule has 0 saturated carbocycles. The highest BCUT2D eigenvalue weighted by Gasteiger charge is 2.27. The molecule has 0 atom stereocenters. The zero-order valence-electron chi connectivity index (χ0n) is 14.3. The molecule has 0 radical (unpaired) electrons. The predicted molar refractivity (Wildman–Crippen MR) is 92.0 cm³/mol. The summed E-state index contributed by atoms with van der Waals surface area (Å²) in [6.07, 6.45) is 9.24. The molecule has 2 aliphatic rings. The van der Waals surface area contributed by atoms with Crippen molar-refractivity contribution in [1.29, 1.82) is 0 Å². The van der Waals surface area contributed by atoms with E-state index in [4.69, 9.17) is 0 Å². The lowest BCUT2D eigenvalue weighted by Gasteiger charge is -2.39. The van der Waals surface area contributed by atoms with Crippen LogP contribution in [0.2, 0.25) is 0 Å². The molecule has 0 N–H and O–H groups in total. The Balaban J connectivity index is 1.30. The molecule has 0 spiro atoms. The number of hydrogen-bond acceptors (Lipinski definition) is 4. The third-order valence-corrected chi connectivity index (χ3v) is 5.31. The van der Waals surface area contributed by atoms with Crippen molar-refractivity contribution in [3.63, 3.8) is 0 Å². The molecule has 1 saturated heterocycles. The lowest BCUT2D eigenvalue weighted by atomic mass is 9.96. The van der Waals surface area contributed by atoms with Crippen LogP contribution in [0.15, 0.2) is 23.3 Å². The van der Waals surface area contributed by atoms with Gasteiger partial charge in [0, 0.05) is 57.5 Å². The lowest BCUT2D eigenvalue weighted by Crippen LogP contribution is -2.50. The van der Waals surface area contributed by atoms with Gasteiger partial charge in [0.15, 0.2) is 0 Å². The number of fused-ring (bicyclic) bond motifs is 1. The van der Waals surface area contributed by atoms with E-state index < -0.39 is 0 Å². The van der Waals surface area contributed by atoms with E-state index in [1.54, 1.807) is 4.68 Å². The van der Waals surface area contributed by atoms with E-state index in [1.165, 1.54) is 18.4 Å². The first-order valence-electron chi connectivity index (χ1n) is 8.97. The Hall–Kier alpha value is -1.95. The summed E-state index contributed by atoms with van der Waals surface area (Å²) in [7, 11) is 2.04. The van der Waals surface area contributed by atoms with Crippen LogP contribution in [-0.2, 0) is 32.9 Å². The number of aryl methyl sites for hydroxylation is 3. The zero-order chi connectivity index (χ0) is 16.5. The molecular weight excluding hydrogens is 302 g/mol. The fourth-order valence-electron chi connectivity index (χ4n) is 3.85. The molecule has 4 rings (SSSR count). The van der Waals surface area contributed by atoms with Crippen LogP contribution < -0.4 is 5.56 Å². The first-order valence-corrected chi connectivity index (χ1v) is 8.97. The second-order valence-electron chi connectivity index (χ2n) is 7.17. The largest absolute Gasteiger partial charge is 0.338 e. The molecule has 2 aromatic rings. The number of nitrogens with zero attached hydrogens (tertiary/aromatic N) is 5. The molecule has 1 aliphatic carbocycles. The van der Waals surface area contributed by atoms with Crippen molar-refractivity contribution in [3.05, 3.63) is 45.9 Å². The van der Waals surface area contributed by atoms with Gasteiger partial charge in [0.1, 0.15) is 5.82 Å². The molecule has 0 bridgehead atoms. The second kappa shape index (κ2) is 6.51. The van der Waals surface area contributed by atoms with Crippen LogP contribution in [0.3, 0.4) is 0 Å². The summed E-state index contributed by atoms with van der Waals surface area (Å²) < 4.78 is 3.78. The third kappa shape index (κ3) is 3.15. The smallest absolute Gasteiger partial charge is 0.267 e. The van der Waals surface area contributed by atoms with Crippen LogP contribution in [0.1, 0.15) is 29.9 Å². The van der Waals surface area contributed by atoms with Crippen molar-refractivity contribution in [3.8, 4) is 0 Å². The Bertz CT molecular complexity index is 772. The number of aromatic nitrogens is 4.